The van der Waals surface area contributed by atoms with E-state index in [4.69, 9.17) is 0 Å². The molecule has 1 aromatic carbocycles. The Bertz CT molecular complexity index is 769. The quantitative estimate of drug-likeness (QED) is 0.353. The van der Waals surface area contributed by atoms with Crippen molar-refractivity contribution >= 4 is 11.7 Å². The number of hydrogen-bond acceptors (Lipinski definition) is 4. The highest BCUT2D eigenvalue weighted by atomic mass is 16.3. The summed E-state index contributed by atoms with van der Waals surface area (Å²) in [5.41, 5.74) is 1.18. The van der Waals surface area contributed by atoms with Crippen LogP contribution in [-0.2, 0) is 16.0 Å². The summed E-state index contributed by atoms with van der Waals surface area (Å²) < 4.78 is 0. The lowest BCUT2D eigenvalue weighted by atomic mass is 9.90. The highest BCUT2D eigenvalue weighted by Gasteiger charge is 2.39. The molecular formula is C26H35NO4. The Morgan fingerprint density at radius 1 is 1.19 bits per heavy atom. The lowest BCUT2D eigenvalue weighted by Crippen LogP contribution is -2.24. The van der Waals surface area contributed by atoms with Gasteiger partial charge in [-0.25, -0.2) is 0 Å². The monoisotopic (exact) mass is 425 g/mol. The summed E-state index contributed by atoms with van der Waals surface area (Å²) in [7, 11) is 0. The molecule has 4 atom stereocenters. The molecule has 0 radical (unpaired) electrons. The molecule has 0 spiro atoms. The van der Waals surface area contributed by atoms with Gasteiger partial charge in [0.2, 0.25) is 5.91 Å². The van der Waals surface area contributed by atoms with Crippen LogP contribution < -0.4 is 5.32 Å². The Balaban J connectivity index is 1.40. The molecule has 2 aliphatic carbocycles. The van der Waals surface area contributed by atoms with E-state index in [0.29, 0.717) is 25.3 Å². The van der Waals surface area contributed by atoms with Crippen LogP contribution in [-0.4, -0.2) is 40.2 Å². The van der Waals surface area contributed by atoms with Crippen LogP contribution in [0.3, 0.4) is 0 Å². The molecule has 2 saturated carbocycles. The molecule has 168 valence electrons. The average Bonchev–Trinajstić information content (AvgIpc) is 3.52. The van der Waals surface area contributed by atoms with E-state index < -0.39 is 12.2 Å². The molecule has 31 heavy (non-hydrogen) atoms. The van der Waals surface area contributed by atoms with E-state index in [1.165, 1.54) is 5.56 Å². The summed E-state index contributed by atoms with van der Waals surface area (Å²) in [5, 5.41) is 23.6. The summed E-state index contributed by atoms with van der Waals surface area (Å²) in [6, 6.07) is 10.4. The molecule has 3 N–H and O–H groups in total. The van der Waals surface area contributed by atoms with Gasteiger partial charge in [0.25, 0.3) is 0 Å². The van der Waals surface area contributed by atoms with Crippen LogP contribution in [0.1, 0.15) is 56.9 Å². The second kappa shape index (κ2) is 12.0. The first kappa shape index (κ1) is 23.4. The molecule has 1 unspecified atom stereocenters. The van der Waals surface area contributed by atoms with E-state index in [9.17, 15) is 19.8 Å². The van der Waals surface area contributed by atoms with Crippen molar-refractivity contribution in [1.82, 2.24) is 5.32 Å². The number of aliphatic hydroxyl groups excluding tert-OH is 2. The van der Waals surface area contributed by atoms with E-state index in [2.05, 4.69) is 5.32 Å². The van der Waals surface area contributed by atoms with Crippen molar-refractivity contribution in [2.75, 3.05) is 0 Å². The van der Waals surface area contributed by atoms with Crippen molar-refractivity contribution in [3.05, 3.63) is 60.2 Å². The first-order valence-corrected chi connectivity index (χ1v) is 11.6. The molecule has 0 bridgehead atoms. The van der Waals surface area contributed by atoms with Gasteiger partial charge in [0.15, 0.2) is 0 Å². The number of nitrogens with one attached hydrogen (secondary N) is 1. The largest absolute Gasteiger partial charge is 0.392 e. The van der Waals surface area contributed by atoms with Crippen molar-refractivity contribution in [2.45, 2.75) is 76.0 Å². The molecule has 0 aliphatic heterocycles. The Morgan fingerprint density at radius 3 is 2.71 bits per heavy atom. The molecule has 2 fully saturated rings. The minimum absolute atomic E-state index is 0.0363. The first-order valence-electron chi connectivity index (χ1n) is 11.6. The Labute approximate surface area is 185 Å². The number of amides is 1. The Morgan fingerprint density at radius 2 is 1.97 bits per heavy atom. The highest BCUT2D eigenvalue weighted by Crippen LogP contribution is 2.33. The number of carbonyl (C=O) groups excluding carboxylic acids is 2. The van der Waals surface area contributed by atoms with Crippen LogP contribution in [0.2, 0.25) is 0 Å². The number of aryl methyl sites for hydroxylation is 1. The van der Waals surface area contributed by atoms with E-state index in [1.807, 2.05) is 42.5 Å². The standard InChI is InChI=1S/C26H35NO4/c28-21(15-12-19-8-4-3-5-9-19)16-17-23-22(24(29)18-25(23)30)10-6-1-2-7-11-26(31)27-20-13-14-20/h1,3-6,8-9,16-17,20-24,28-29H,2,7,10-15,18H2,(H,27,31)/b6-1-,17-16+/t21-,22?,23+,24-/m0/s1. The summed E-state index contributed by atoms with van der Waals surface area (Å²) in [6.07, 6.45) is 12.8. The zero-order valence-electron chi connectivity index (χ0n) is 18.2. The molecule has 0 saturated heterocycles. The number of allylic oxidation sites excluding steroid dienone is 3. The number of carbonyl (C=O) groups is 2. The fourth-order valence-corrected chi connectivity index (χ4v) is 4.11. The number of benzene rings is 1. The number of aliphatic hydroxyl groups is 2. The second-order valence-electron chi connectivity index (χ2n) is 8.85. The molecular weight excluding hydrogens is 390 g/mol. The van der Waals surface area contributed by atoms with E-state index in [1.54, 1.807) is 12.2 Å². The number of Topliss-reactive ketones (excluding diaryl/α,β-unsaturated/α-hetero) is 1. The van der Waals surface area contributed by atoms with E-state index in [0.717, 1.165) is 32.1 Å². The van der Waals surface area contributed by atoms with Gasteiger partial charge >= 0.3 is 0 Å². The number of hydrogen-bond donors (Lipinski definition) is 3. The minimum Gasteiger partial charge on any atom is -0.392 e. The van der Waals surface area contributed by atoms with Gasteiger partial charge in [-0.3, -0.25) is 9.59 Å². The molecule has 1 aromatic rings. The van der Waals surface area contributed by atoms with Crippen molar-refractivity contribution in [1.29, 1.82) is 0 Å². The van der Waals surface area contributed by atoms with Crippen LogP contribution >= 0.6 is 0 Å². The SMILES string of the molecule is O=C(CCC/C=C\CC1[C@@H](O)CC(=O)[C@@H]1/C=C/[C@@H](O)CCc1ccccc1)NC1CC1. The van der Waals surface area contributed by atoms with Crippen molar-refractivity contribution < 1.29 is 19.8 Å². The predicted molar refractivity (Wildman–Crippen MR) is 121 cm³/mol. The Kier molecular flexibility index (Phi) is 9.04. The third-order valence-corrected chi connectivity index (χ3v) is 6.14. The van der Waals surface area contributed by atoms with Gasteiger partial charge in [-0.05, 0) is 50.5 Å². The van der Waals surface area contributed by atoms with E-state index in [-0.39, 0.29) is 29.9 Å². The third-order valence-electron chi connectivity index (χ3n) is 6.14. The normalized spacial score (nSPS) is 24.8. The predicted octanol–water partition coefficient (Wildman–Crippen LogP) is 3.50. The zero-order valence-corrected chi connectivity index (χ0v) is 18.2. The maximum absolute atomic E-state index is 12.3. The molecule has 5 nitrogen and oxygen atoms in total. The van der Waals surface area contributed by atoms with Gasteiger partial charge in [-0.2, -0.15) is 0 Å². The maximum atomic E-state index is 12.3. The number of unbranched alkanes of at least 4 members (excludes halogenated alkanes) is 1. The zero-order chi connectivity index (χ0) is 22.1. The highest BCUT2D eigenvalue weighted by molar-refractivity contribution is 5.86. The molecule has 3 rings (SSSR count). The second-order valence-corrected chi connectivity index (χ2v) is 8.85. The smallest absolute Gasteiger partial charge is 0.220 e. The van der Waals surface area contributed by atoms with Crippen LogP contribution in [0.4, 0.5) is 0 Å². The van der Waals surface area contributed by atoms with Gasteiger partial charge in [-0.15, -0.1) is 0 Å². The van der Waals surface area contributed by atoms with Gasteiger partial charge in [0.1, 0.15) is 5.78 Å². The summed E-state index contributed by atoms with van der Waals surface area (Å²) in [6.45, 7) is 0. The van der Waals surface area contributed by atoms with Crippen LogP contribution in [0.15, 0.2) is 54.6 Å². The topological polar surface area (TPSA) is 86.6 Å². The lowest BCUT2D eigenvalue weighted by Gasteiger charge is -2.17. The molecule has 1 amide bonds. The third kappa shape index (κ3) is 8.08. The summed E-state index contributed by atoms with van der Waals surface area (Å²) in [5.74, 6) is -0.340. The fourth-order valence-electron chi connectivity index (χ4n) is 4.11. The molecule has 0 aromatic heterocycles. The van der Waals surface area contributed by atoms with Gasteiger partial charge in [-0.1, -0.05) is 54.6 Å². The first-order chi connectivity index (χ1) is 15.0. The van der Waals surface area contributed by atoms with Crippen molar-refractivity contribution in [3.8, 4) is 0 Å². The number of rotatable bonds is 12. The molecule has 0 heterocycles. The van der Waals surface area contributed by atoms with Gasteiger partial charge in [0, 0.05) is 30.7 Å². The van der Waals surface area contributed by atoms with Crippen molar-refractivity contribution in [2.24, 2.45) is 11.8 Å². The van der Waals surface area contributed by atoms with Crippen molar-refractivity contribution in [3.63, 3.8) is 0 Å². The van der Waals surface area contributed by atoms with Gasteiger partial charge < -0.3 is 15.5 Å². The minimum atomic E-state index is -0.641. The average molecular weight is 426 g/mol. The van der Waals surface area contributed by atoms with Crippen LogP contribution in [0, 0.1) is 11.8 Å². The van der Waals surface area contributed by atoms with Gasteiger partial charge in [0.05, 0.1) is 12.2 Å². The maximum Gasteiger partial charge on any atom is 0.220 e. The van der Waals surface area contributed by atoms with Crippen LogP contribution in [0.25, 0.3) is 0 Å². The fraction of sp³-hybridized carbons (Fsp3) is 0.538. The molecule has 5 heteroatoms. The Hall–Kier alpha value is -2.24. The number of ketones is 1. The lowest BCUT2D eigenvalue weighted by molar-refractivity contribution is -0.121. The van der Waals surface area contributed by atoms with E-state index >= 15 is 0 Å². The molecule has 2 aliphatic rings. The summed E-state index contributed by atoms with van der Waals surface area (Å²) >= 11 is 0. The summed E-state index contributed by atoms with van der Waals surface area (Å²) in [4.78, 5) is 24.0. The van der Waals surface area contributed by atoms with Crippen LogP contribution in [0.5, 0.6) is 0 Å².